The molecule has 0 aromatic rings. The van der Waals surface area contributed by atoms with Crippen LogP contribution in [0.1, 0.15) is 65.2 Å². The van der Waals surface area contributed by atoms with E-state index in [0.29, 0.717) is 0 Å². The Hall–Kier alpha value is 0.430. The maximum absolute atomic E-state index is 9.26. The van der Waals surface area contributed by atoms with Crippen molar-refractivity contribution in [2.45, 2.75) is 65.2 Å². The van der Waals surface area contributed by atoms with Crippen LogP contribution >= 0.6 is 22.6 Å². The fourth-order valence-corrected chi connectivity index (χ4v) is 2.40. The van der Waals surface area contributed by atoms with E-state index >= 15 is 0 Å². The molecule has 0 amide bonds. The van der Waals surface area contributed by atoms with Crippen LogP contribution in [0.15, 0.2) is 9.15 Å². The molecular weight excluding hydrogens is 299 g/mol. The number of unbranched alkanes of at least 4 members (excludes halogenated alkanes) is 4. The van der Waals surface area contributed by atoms with Crippen molar-refractivity contribution >= 4 is 22.6 Å². The molecule has 90 valence electrons. The maximum atomic E-state index is 9.26. The van der Waals surface area contributed by atoms with Gasteiger partial charge in [-0.25, -0.2) is 0 Å². The highest BCUT2D eigenvalue weighted by Gasteiger charge is 2.02. The molecule has 1 N–H and O–H groups in total. The Morgan fingerprint density at radius 3 is 2.13 bits per heavy atom. The zero-order valence-electron chi connectivity index (χ0n) is 10.2. The third kappa shape index (κ3) is 8.26. The molecule has 0 heterocycles. The van der Waals surface area contributed by atoms with Gasteiger partial charge in [0.2, 0.25) is 0 Å². The van der Waals surface area contributed by atoms with E-state index in [1.54, 1.807) is 0 Å². The molecule has 0 fully saturated rings. The van der Waals surface area contributed by atoms with E-state index < -0.39 is 0 Å². The highest BCUT2D eigenvalue weighted by atomic mass is 127. The summed E-state index contributed by atoms with van der Waals surface area (Å²) in [7, 11) is 0. The van der Waals surface area contributed by atoms with Gasteiger partial charge < -0.3 is 5.11 Å². The Balaban J connectivity index is 3.85. The SMILES string of the molecule is CCCCCC/C(I)=C(/CO)CCCC. The molecule has 0 atom stereocenters. The molecule has 15 heavy (non-hydrogen) atoms. The first-order chi connectivity index (χ1) is 7.26. The second-order valence-electron chi connectivity index (χ2n) is 4.08. The van der Waals surface area contributed by atoms with E-state index in [9.17, 15) is 5.11 Å². The van der Waals surface area contributed by atoms with Crippen molar-refractivity contribution in [3.8, 4) is 0 Å². The van der Waals surface area contributed by atoms with Gasteiger partial charge in [0.25, 0.3) is 0 Å². The monoisotopic (exact) mass is 324 g/mol. The molecule has 0 unspecified atom stereocenters. The average molecular weight is 324 g/mol. The van der Waals surface area contributed by atoms with Gasteiger partial charge in [-0.1, -0.05) is 39.5 Å². The third-order valence-electron chi connectivity index (χ3n) is 2.66. The molecule has 0 aromatic heterocycles. The second-order valence-corrected chi connectivity index (χ2v) is 5.38. The first-order valence-electron chi connectivity index (χ1n) is 6.23. The number of aliphatic hydroxyl groups excluding tert-OH is 1. The fraction of sp³-hybridized carbons (Fsp3) is 0.846. The Kier molecular flexibility index (Phi) is 11.2. The summed E-state index contributed by atoms with van der Waals surface area (Å²) in [6, 6.07) is 0. The van der Waals surface area contributed by atoms with Crippen LogP contribution in [0, 0.1) is 0 Å². The molecular formula is C13H25IO. The highest BCUT2D eigenvalue weighted by molar-refractivity contribution is 14.1. The summed E-state index contributed by atoms with van der Waals surface area (Å²) in [5, 5.41) is 9.26. The third-order valence-corrected chi connectivity index (χ3v) is 3.96. The molecule has 0 bridgehead atoms. The van der Waals surface area contributed by atoms with Crippen LogP contribution in [0.2, 0.25) is 0 Å². The molecule has 2 heteroatoms. The van der Waals surface area contributed by atoms with Crippen molar-refractivity contribution in [3.63, 3.8) is 0 Å². The first kappa shape index (κ1) is 15.4. The summed E-state index contributed by atoms with van der Waals surface area (Å²) in [5.41, 5.74) is 1.27. The number of aliphatic hydroxyl groups is 1. The number of halogens is 1. The van der Waals surface area contributed by atoms with Crippen molar-refractivity contribution in [1.29, 1.82) is 0 Å². The number of rotatable bonds is 9. The summed E-state index contributed by atoms with van der Waals surface area (Å²) in [5.74, 6) is 0. The van der Waals surface area contributed by atoms with Gasteiger partial charge in [-0.05, 0) is 57.4 Å². The molecule has 0 saturated heterocycles. The Labute approximate surface area is 108 Å². The molecule has 0 rings (SSSR count). The lowest BCUT2D eigenvalue weighted by Gasteiger charge is -2.08. The number of hydrogen-bond acceptors (Lipinski definition) is 1. The van der Waals surface area contributed by atoms with Crippen LogP contribution in [0.3, 0.4) is 0 Å². The minimum Gasteiger partial charge on any atom is -0.392 e. The van der Waals surface area contributed by atoms with Gasteiger partial charge in [-0.3, -0.25) is 0 Å². The minimum absolute atomic E-state index is 0.256. The summed E-state index contributed by atoms with van der Waals surface area (Å²) in [6.07, 6.45) is 9.91. The molecule has 0 aliphatic carbocycles. The predicted molar refractivity (Wildman–Crippen MR) is 76.4 cm³/mol. The van der Waals surface area contributed by atoms with Gasteiger partial charge in [0.15, 0.2) is 0 Å². The van der Waals surface area contributed by atoms with Crippen molar-refractivity contribution in [1.82, 2.24) is 0 Å². The van der Waals surface area contributed by atoms with Crippen LogP contribution < -0.4 is 0 Å². The lowest BCUT2D eigenvalue weighted by atomic mass is 10.1. The summed E-state index contributed by atoms with van der Waals surface area (Å²) in [6.45, 7) is 4.69. The Morgan fingerprint density at radius 2 is 1.60 bits per heavy atom. The van der Waals surface area contributed by atoms with Crippen molar-refractivity contribution in [2.24, 2.45) is 0 Å². The Morgan fingerprint density at radius 1 is 0.933 bits per heavy atom. The largest absolute Gasteiger partial charge is 0.392 e. The van der Waals surface area contributed by atoms with Gasteiger partial charge in [0.1, 0.15) is 0 Å². The predicted octanol–water partition coefficient (Wildman–Crippen LogP) is 4.83. The molecule has 0 saturated carbocycles. The summed E-state index contributed by atoms with van der Waals surface area (Å²) in [4.78, 5) is 0. The molecule has 0 spiro atoms. The number of allylic oxidation sites excluding steroid dienone is 1. The smallest absolute Gasteiger partial charge is 0.0651 e. The van der Waals surface area contributed by atoms with Crippen LogP contribution in [-0.4, -0.2) is 11.7 Å². The van der Waals surface area contributed by atoms with Crippen LogP contribution in [-0.2, 0) is 0 Å². The molecule has 1 nitrogen and oxygen atoms in total. The summed E-state index contributed by atoms with van der Waals surface area (Å²) < 4.78 is 1.40. The van der Waals surface area contributed by atoms with Crippen molar-refractivity contribution in [3.05, 3.63) is 9.15 Å². The van der Waals surface area contributed by atoms with E-state index in [2.05, 4.69) is 36.4 Å². The van der Waals surface area contributed by atoms with E-state index in [-0.39, 0.29) is 6.61 Å². The van der Waals surface area contributed by atoms with E-state index in [4.69, 9.17) is 0 Å². The fourth-order valence-electron chi connectivity index (χ4n) is 1.57. The molecule has 0 aromatic carbocycles. The molecule has 0 radical (unpaired) electrons. The maximum Gasteiger partial charge on any atom is 0.0651 e. The lowest BCUT2D eigenvalue weighted by Crippen LogP contribution is -1.94. The van der Waals surface area contributed by atoms with Gasteiger partial charge in [-0.15, -0.1) is 0 Å². The first-order valence-corrected chi connectivity index (χ1v) is 7.31. The lowest BCUT2D eigenvalue weighted by molar-refractivity contribution is 0.325. The van der Waals surface area contributed by atoms with Crippen LogP contribution in [0.4, 0.5) is 0 Å². The van der Waals surface area contributed by atoms with Gasteiger partial charge >= 0.3 is 0 Å². The highest BCUT2D eigenvalue weighted by Crippen LogP contribution is 2.23. The van der Waals surface area contributed by atoms with Crippen LogP contribution in [0.25, 0.3) is 0 Å². The zero-order valence-corrected chi connectivity index (χ0v) is 12.3. The minimum atomic E-state index is 0.256. The standard InChI is InChI=1S/C13H25IO/c1-3-5-7-8-10-13(14)12(11-15)9-6-4-2/h15H,3-11H2,1-2H3/b13-12-. The zero-order chi connectivity index (χ0) is 11.5. The van der Waals surface area contributed by atoms with E-state index in [1.165, 1.54) is 54.1 Å². The van der Waals surface area contributed by atoms with Gasteiger partial charge in [-0.2, -0.15) is 0 Å². The van der Waals surface area contributed by atoms with Crippen molar-refractivity contribution < 1.29 is 5.11 Å². The second kappa shape index (κ2) is 10.9. The van der Waals surface area contributed by atoms with Gasteiger partial charge in [0, 0.05) is 0 Å². The number of hydrogen-bond donors (Lipinski definition) is 1. The molecule has 0 aliphatic rings. The summed E-state index contributed by atoms with van der Waals surface area (Å²) >= 11 is 2.41. The average Bonchev–Trinajstić information content (AvgIpc) is 2.25. The van der Waals surface area contributed by atoms with Crippen molar-refractivity contribution in [2.75, 3.05) is 6.61 Å². The quantitative estimate of drug-likeness (QED) is 0.476. The van der Waals surface area contributed by atoms with E-state index in [0.717, 1.165) is 6.42 Å². The van der Waals surface area contributed by atoms with Crippen LogP contribution in [0.5, 0.6) is 0 Å². The molecule has 0 aliphatic heterocycles. The Bertz CT molecular complexity index is 175. The normalized spacial score (nSPS) is 12.8. The topological polar surface area (TPSA) is 20.2 Å². The van der Waals surface area contributed by atoms with E-state index in [1.807, 2.05) is 0 Å². The van der Waals surface area contributed by atoms with Gasteiger partial charge in [0.05, 0.1) is 6.61 Å².